The zero-order valence-electron chi connectivity index (χ0n) is 10.8. The summed E-state index contributed by atoms with van der Waals surface area (Å²) in [6.07, 6.45) is 4.93. The van der Waals surface area contributed by atoms with Gasteiger partial charge in [0.1, 0.15) is 0 Å². The van der Waals surface area contributed by atoms with Gasteiger partial charge in [-0.05, 0) is 30.5 Å². The van der Waals surface area contributed by atoms with Crippen LogP contribution in [0.4, 0.5) is 0 Å². The quantitative estimate of drug-likeness (QED) is 0.769. The minimum Gasteiger partial charge on any atom is -0.478 e. The highest BCUT2D eigenvalue weighted by molar-refractivity contribution is 7.98. The van der Waals surface area contributed by atoms with E-state index >= 15 is 0 Å². The molecule has 0 atom stereocenters. The molecule has 0 bridgehead atoms. The van der Waals surface area contributed by atoms with Crippen LogP contribution in [0.3, 0.4) is 0 Å². The Labute approximate surface area is 113 Å². The predicted molar refractivity (Wildman–Crippen MR) is 77.8 cm³/mol. The first-order valence-corrected chi connectivity index (χ1v) is 7.19. The summed E-state index contributed by atoms with van der Waals surface area (Å²) in [5.41, 5.74) is 2.12. The number of hydrogen-bond acceptors (Lipinski definition) is 3. The smallest absolute Gasteiger partial charge is 0.328 e. The summed E-state index contributed by atoms with van der Waals surface area (Å²) in [7, 11) is 2.08. The maximum absolute atomic E-state index is 10.5. The Kier molecular flexibility index (Phi) is 6.54. The van der Waals surface area contributed by atoms with Crippen molar-refractivity contribution < 1.29 is 9.90 Å². The second kappa shape index (κ2) is 7.95. The van der Waals surface area contributed by atoms with E-state index in [1.54, 1.807) is 6.08 Å². The Balaban J connectivity index is 2.72. The molecule has 18 heavy (non-hydrogen) atoms. The fourth-order valence-electron chi connectivity index (χ4n) is 1.62. The molecule has 1 rings (SSSR count). The molecule has 0 radical (unpaired) electrons. The molecule has 0 aliphatic rings. The zero-order valence-corrected chi connectivity index (χ0v) is 11.6. The van der Waals surface area contributed by atoms with Crippen molar-refractivity contribution >= 4 is 23.8 Å². The van der Waals surface area contributed by atoms with E-state index in [4.69, 9.17) is 5.11 Å². The lowest BCUT2D eigenvalue weighted by atomic mass is 10.1. The number of rotatable bonds is 7. The third kappa shape index (κ3) is 5.38. The number of benzene rings is 1. The summed E-state index contributed by atoms with van der Waals surface area (Å²) >= 11 is 1.83. The molecular weight excluding hydrogens is 246 g/mol. The molecule has 0 saturated heterocycles. The van der Waals surface area contributed by atoms with Gasteiger partial charge in [-0.3, -0.25) is 0 Å². The van der Waals surface area contributed by atoms with E-state index in [-0.39, 0.29) is 0 Å². The van der Waals surface area contributed by atoms with Gasteiger partial charge in [0.15, 0.2) is 0 Å². The van der Waals surface area contributed by atoms with Crippen LogP contribution in [0.1, 0.15) is 11.1 Å². The zero-order chi connectivity index (χ0) is 13.4. The summed E-state index contributed by atoms with van der Waals surface area (Å²) in [6.45, 7) is 1.86. The molecular formula is C14H19NO2S. The van der Waals surface area contributed by atoms with Crippen LogP contribution >= 0.6 is 11.8 Å². The first-order chi connectivity index (χ1) is 8.63. The van der Waals surface area contributed by atoms with Crippen LogP contribution in [-0.2, 0) is 11.3 Å². The number of thioether (sulfide) groups is 1. The highest BCUT2D eigenvalue weighted by Crippen LogP contribution is 2.13. The molecule has 0 saturated carbocycles. The van der Waals surface area contributed by atoms with Crippen molar-refractivity contribution in [3.63, 3.8) is 0 Å². The largest absolute Gasteiger partial charge is 0.478 e. The highest BCUT2D eigenvalue weighted by atomic mass is 32.2. The third-order valence-electron chi connectivity index (χ3n) is 2.58. The van der Waals surface area contributed by atoms with E-state index in [0.29, 0.717) is 0 Å². The molecule has 0 fully saturated rings. The van der Waals surface area contributed by atoms with E-state index in [1.807, 2.05) is 36.0 Å². The molecule has 4 heteroatoms. The lowest BCUT2D eigenvalue weighted by Gasteiger charge is -2.17. The van der Waals surface area contributed by atoms with Crippen molar-refractivity contribution in [2.45, 2.75) is 6.54 Å². The van der Waals surface area contributed by atoms with E-state index < -0.39 is 5.97 Å². The summed E-state index contributed by atoms with van der Waals surface area (Å²) in [5.74, 6) is 0.185. The molecule has 0 unspecified atom stereocenters. The molecule has 0 aliphatic carbocycles. The van der Waals surface area contributed by atoms with Gasteiger partial charge in [-0.2, -0.15) is 11.8 Å². The van der Waals surface area contributed by atoms with Crippen molar-refractivity contribution in [3.8, 4) is 0 Å². The first-order valence-electron chi connectivity index (χ1n) is 5.80. The topological polar surface area (TPSA) is 40.5 Å². The molecule has 3 nitrogen and oxygen atoms in total. The number of aliphatic carboxylic acids is 1. The minimum atomic E-state index is -0.916. The molecule has 0 spiro atoms. The lowest BCUT2D eigenvalue weighted by Crippen LogP contribution is -2.21. The number of carboxylic acid groups (broad SMARTS) is 1. The third-order valence-corrected chi connectivity index (χ3v) is 3.17. The Morgan fingerprint density at radius 2 is 2.17 bits per heavy atom. The average molecular weight is 265 g/mol. The second-order valence-electron chi connectivity index (χ2n) is 4.10. The summed E-state index contributed by atoms with van der Waals surface area (Å²) in [4.78, 5) is 12.8. The standard InChI is InChI=1S/C14H19NO2S/c1-15(9-10-18-2)11-13-6-4-3-5-12(13)7-8-14(16)17/h3-8H,9-11H2,1-2H3,(H,16,17)/b8-7+. The van der Waals surface area contributed by atoms with Gasteiger partial charge in [0.25, 0.3) is 0 Å². The van der Waals surface area contributed by atoms with Gasteiger partial charge in [0, 0.05) is 24.9 Å². The van der Waals surface area contributed by atoms with Gasteiger partial charge in [-0.1, -0.05) is 24.3 Å². The first kappa shape index (κ1) is 14.8. The Bertz CT molecular complexity index is 418. The second-order valence-corrected chi connectivity index (χ2v) is 5.09. The van der Waals surface area contributed by atoms with Crippen LogP contribution in [0.15, 0.2) is 30.3 Å². The Hall–Kier alpha value is -1.26. The van der Waals surface area contributed by atoms with E-state index in [9.17, 15) is 4.79 Å². The van der Waals surface area contributed by atoms with Gasteiger partial charge in [-0.25, -0.2) is 4.79 Å². The molecule has 1 aromatic rings. The van der Waals surface area contributed by atoms with Crippen molar-refractivity contribution in [2.24, 2.45) is 0 Å². The van der Waals surface area contributed by atoms with E-state index in [1.165, 1.54) is 6.08 Å². The van der Waals surface area contributed by atoms with Crippen LogP contribution in [-0.4, -0.2) is 41.6 Å². The van der Waals surface area contributed by atoms with Crippen molar-refractivity contribution in [2.75, 3.05) is 25.6 Å². The number of carbonyl (C=O) groups is 1. The molecule has 0 aromatic heterocycles. The summed E-state index contributed by atoms with van der Waals surface area (Å²) < 4.78 is 0. The number of nitrogens with zero attached hydrogens (tertiary/aromatic N) is 1. The molecule has 1 N–H and O–H groups in total. The van der Waals surface area contributed by atoms with Crippen LogP contribution < -0.4 is 0 Å². The molecule has 0 amide bonds. The molecule has 0 heterocycles. The lowest BCUT2D eigenvalue weighted by molar-refractivity contribution is -0.131. The highest BCUT2D eigenvalue weighted by Gasteiger charge is 2.03. The van der Waals surface area contributed by atoms with Gasteiger partial charge in [0.2, 0.25) is 0 Å². The number of carboxylic acids is 1. The SMILES string of the molecule is CSCCN(C)Cc1ccccc1/C=C/C(=O)O. The van der Waals surface area contributed by atoms with Crippen molar-refractivity contribution in [3.05, 3.63) is 41.5 Å². The summed E-state index contributed by atoms with van der Waals surface area (Å²) in [6, 6.07) is 7.89. The van der Waals surface area contributed by atoms with Gasteiger partial charge in [-0.15, -0.1) is 0 Å². The molecule has 1 aromatic carbocycles. The monoisotopic (exact) mass is 265 g/mol. The van der Waals surface area contributed by atoms with Gasteiger partial charge in [0.05, 0.1) is 0 Å². The fraction of sp³-hybridized carbons (Fsp3) is 0.357. The summed E-state index contributed by atoms with van der Waals surface area (Å²) in [5, 5.41) is 8.66. The molecule has 0 aliphatic heterocycles. The normalized spacial score (nSPS) is 11.3. The maximum Gasteiger partial charge on any atom is 0.328 e. The molecule has 98 valence electrons. The predicted octanol–water partition coefficient (Wildman–Crippen LogP) is 2.58. The Morgan fingerprint density at radius 3 is 2.83 bits per heavy atom. The van der Waals surface area contributed by atoms with E-state index in [0.717, 1.165) is 30.0 Å². The minimum absolute atomic E-state index is 0.834. The maximum atomic E-state index is 10.5. The average Bonchev–Trinajstić information content (AvgIpc) is 2.35. The van der Waals surface area contributed by atoms with Crippen LogP contribution in [0.25, 0.3) is 6.08 Å². The van der Waals surface area contributed by atoms with Gasteiger partial charge < -0.3 is 10.0 Å². The van der Waals surface area contributed by atoms with E-state index in [2.05, 4.69) is 18.2 Å². The van der Waals surface area contributed by atoms with Crippen LogP contribution in [0.5, 0.6) is 0 Å². The van der Waals surface area contributed by atoms with Crippen molar-refractivity contribution in [1.29, 1.82) is 0 Å². The fourth-order valence-corrected chi connectivity index (χ4v) is 2.11. The van der Waals surface area contributed by atoms with Crippen LogP contribution in [0.2, 0.25) is 0 Å². The Morgan fingerprint density at radius 1 is 1.44 bits per heavy atom. The number of hydrogen-bond donors (Lipinski definition) is 1. The van der Waals surface area contributed by atoms with Gasteiger partial charge >= 0.3 is 5.97 Å². The van der Waals surface area contributed by atoms with Crippen LogP contribution in [0, 0.1) is 0 Å². The van der Waals surface area contributed by atoms with Crippen molar-refractivity contribution in [1.82, 2.24) is 4.90 Å².